The van der Waals surface area contributed by atoms with E-state index in [1.54, 1.807) is 0 Å². The first kappa shape index (κ1) is 111. The fourth-order valence-electron chi connectivity index (χ4n) is 16.5. The summed E-state index contributed by atoms with van der Waals surface area (Å²) in [6, 6.07) is 0. The Hall–Kier alpha value is -2.53. The molecule has 20 atom stereocenters. The van der Waals surface area contributed by atoms with Crippen LogP contribution < -0.4 is 0 Å². The summed E-state index contributed by atoms with van der Waals surface area (Å²) in [7, 11) is -5.81. The summed E-state index contributed by atoms with van der Waals surface area (Å²) in [6.45, 7) is 10.3. The minimum Gasteiger partial charge on any atom is -0.463 e. The second kappa shape index (κ2) is 70.5. The predicted molar refractivity (Wildman–Crippen MR) is 463 cm³/mol. The minimum atomic E-state index is -5.81. The molecule has 119 heavy (non-hydrogen) atoms. The van der Waals surface area contributed by atoms with Crippen molar-refractivity contribution in [2.24, 2.45) is 11.8 Å². The first-order valence-electron chi connectivity index (χ1n) is 48.6. The van der Waals surface area contributed by atoms with Crippen molar-refractivity contribution in [2.75, 3.05) is 26.4 Å². The molecule has 0 bridgehead atoms. The molecule has 0 spiro atoms. The second-order valence-electron chi connectivity index (χ2n) is 35.5. The molecule has 0 amide bonds. The van der Waals surface area contributed by atoms with Gasteiger partial charge in [0, 0.05) is 25.7 Å². The van der Waals surface area contributed by atoms with E-state index in [-0.39, 0.29) is 25.7 Å². The molecule has 1 aliphatic carbocycles. The maximum Gasteiger partial charge on any atom is 0.472 e. The Bertz CT molecular complexity index is 2500. The highest BCUT2D eigenvalue weighted by Crippen LogP contribution is 2.49. The maximum atomic E-state index is 14.9. The number of unbranched alkanes of at least 4 members (excludes halogenated alkanes) is 46. The van der Waals surface area contributed by atoms with E-state index in [4.69, 9.17) is 46.9 Å². The lowest BCUT2D eigenvalue weighted by Gasteiger charge is -2.50. The number of hydrogen-bond donors (Lipinski definition) is 10. The number of rotatable bonds is 78. The van der Waals surface area contributed by atoms with Gasteiger partial charge in [-0.1, -0.05) is 375 Å². The molecule has 0 aromatic rings. The topological polar surface area (TPSA) is 380 Å². The number of ether oxygens (including phenoxy) is 8. The van der Waals surface area contributed by atoms with Crippen LogP contribution in [0.25, 0.3) is 0 Å². The van der Waals surface area contributed by atoms with Gasteiger partial charge < -0.3 is 88.7 Å². The van der Waals surface area contributed by atoms with Gasteiger partial charge in [0.15, 0.2) is 24.8 Å². The van der Waals surface area contributed by atoms with Crippen LogP contribution in [-0.2, 0) is 70.7 Å². The van der Waals surface area contributed by atoms with Gasteiger partial charge in [-0.3, -0.25) is 28.2 Å². The zero-order chi connectivity index (χ0) is 87.1. The molecule has 20 unspecified atom stereocenters. The number of carbonyl (C=O) groups is 4. The molecule has 3 aliphatic rings. The first-order valence-corrected chi connectivity index (χ1v) is 50.0. The lowest BCUT2D eigenvalue weighted by Crippen LogP contribution is -2.70. The molecule has 702 valence electrons. The molecule has 25 nitrogen and oxygen atoms in total. The summed E-state index contributed by atoms with van der Waals surface area (Å²) in [5, 5.41) is 102. The van der Waals surface area contributed by atoms with E-state index in [1.165, 1.54) is 199 Å². The summed E-state index contributed by atoms with van der Waals surface area (Å²) in [4.78, 5) is 66.6. The van der Waals surface area contributed by atoms with Gasteiger partial charge >= 0.3 is 31.7 Å². The van der Waals surface area contributed by atoms with Crippen molar-refractivity contribution in [2.45, 2.75) is 531 Å². The molecule has 0 aromatic heterocycles. The average Bonchev–Trinajstić information content (AvgIpc) is 0.753. The summed E-state index contributed by atoms with van der Waals surface area (Å²) < 4.78 is 73.6. The molecule has 2 saturated heterocycles. The molecule has 0 radical (unpaired) electrons. The van der Waals surface area contributed by atoms with Crippen LogP contribution >= 0.6 is 7.82 Å². The molecule has 1 saturated carbocycles. The Balaban J connectivity index is 1.92. The Morgan fingerprint density at radius 1 is 0.328 bits per heavy atom. The number of esters is 4. The highest BCUT2D eigenvalue weighted by atomic mass is 31.2. The molecular formula is C93H175O25P. The van der Waals surface area contributed by atoms with E-state index in [2.05, 4.69) is 41.5 Å². The van der Waals surface area contributed by atoms with Gasteiger partial charge in [0.2, 0.25) is 0 Å². The van der Waals surface area contributed by atoms with Crippen LogP contribution in [0.3, 0.4) is 0 Å². The van der Waals surface area contributed by atoms with E-state index in [0.29, 0.717) is 43.9 Å². The molecule has 26 heteroatoms. The smallest absolute Gasteiger partial charge is 0.463 e. The van der Waals surface area contributed by atoms with Gasteiger partial charge in [0.25, 0.3) is 0 Å². The third kappa shape index (κ3) is 51.2. The van der Waals surface area contributed by atoms with Crippen LogP contribution in [0.2, 0.25) is 0 Å². The van der Waals surface area contributed by atoms with Crippen LogP contribution in [-0.4, -0.2) is 205 Å². The number of carbonyl (C=O) groups excluding carboxylic acids is 4. The Morgan fingerprint density at radius 3 is 1.00 bits per heavy atom. The van der Waals surface area contributed by atoms with Gasteiger partial charge in [-0.25, -0.2) is 4.57 Å². The quantitative estimate of drug-likeness (QED) is 0.0117. The summed E-state index contributed by atoms with van der Waals surface area (Å²) in [5.41, 5.74) is 0. The van der Waals surface area contributed by atoms with Crippen LogP contribution in [0.4, 0.5) is 0 Å². The fraction of sp³-hybridized carbons (Fsp3) is 0.957. The van der Waals surface area contributed by atoms with Gasteiger partial charge in [-0.2, -0.15) is 0 Å². The van der Waals surface area contributed by atoms with Crippen LogP contribution in [0.15, 0.2) is 0 Å². The van der Waals surface area contributed by atoms with Crippen molar-refractivity contribution in [3.05, 3.63) is 0 Å². The number of aliphatic hydroxyl groups excluding tert-OH is 9. The van der Waals surface area contributed by atoms with Crippen molar-refractivity contribution in [3.8, 4) is 0 Å². The van der Waals surface area contributed by atoms with Crippen molar-refractivity contribution in [1.29, 1.82) is 0 Å². The maximum absolute atomic E-state index is 14.9. The summed E-state index contributed by atoms with van der Waals surface area (Å²) in [5.74, 6) is -1.57. The summed E-state index contributed by atoms with van der Waals surface area (Å²) >= 11 is 0. The Labute approximate surface area is 719 Å². The normalized spacial score (nSPS) is 25.3. The van der Waals surface area contributed by atoms with E-state index < -0.39 is 162 Å². The molecule has 0 aromatic carbocycles. The van der Waals surface area contributed by atoms with Crippen LogP contribution in [0, 0.1) is 11.8 Å². The predicted octanol–water partition coefficient (Wildman–Crippen LogP) is 18.3. The number of hydrogen-bond acceptors (Lipinski definition) is 24. The zero-order valence-electron chi connectivity index (χ0n) is 75.3. The second-order valence-corrected chi connectivity index (χ2v) is 36.9. The summed E-state index contributed by atoms with van der Waals surface area (Å²) in [6.07, 6.45) is 25.2. The highest BCUT2D eigenvalue weighted by Gasteiger charge is 2.60. The molecule has 3 rings (SSSR count). The van der Waals surface area contributed by atoms with Gasteiger partial charge in [-0.15, -0.1) is 0 Å². The van der Waals surface area contributed by atoms with Crippen molar-refractivity contribution in [1.82, 2.24) is 0 Å². The third-order valence-corrected chi connectivity index (χ3v) is 25.4. The average molecular weight is 1720 g/mol. The van der Waals surface area contributed by atoms with Gasteiger partial charge in [-0.05, 0) is 37.5 Å². The first-order chi connectivity index (χ1) is 57.5. The number of phosphoric ester groups is 1. The lowest BCUT2D eigenvalue weighted by molar-refractivity contribution is -0.360. The van der Waals surface area contributed by atoms with Crippen LogP contribution in [0.5, 0.6) is 0 Å². The minimum absolute atomic E-state index is 0.0170. The molecule has 2 heterocycles. The lowest BCUT2D eigenvalue weighted by atomic mass is 9.84. The molecular weight excluding hydrogens is 1550 g/mol. The Morgan fingerprint density at radius 2 is 0.630 bits per heavy atom. The third-order valence-electron chi connectivity index (χ3n) is 24.4. The Kier molecular flexibility index (Phi) is 65.6. The fourth-order valence-corrected chi connectivity index (χ4v) is 17.5. The zero-order valence-corrected chi connectivity index (χ0v) is 76.2. The van der Waals surface area contributed by atoms with Crippen molar-refractivity contribution < 1.29 is 122 Å². The van der Waals surface area contributed by atoms with Gasteiger partial charge in [0.05, 0.1) is 13.2 Å². The molecule has 10 N–H and O–H groups in total. The largest absolute Gasteiger partial charge is 0.472 e. The molecule has 2 aliphatic heterocycles. The number of aliphatic hydroxyl groups is 9. The standard InChI is InChI=1S/C93H175O25P/c1-7-11-15-19-23-25-27-29-30-32-34-36-38-50-58-66-79(98)115-88-84(103)85(104)89(116-92-86(105)82(101)80(99)74(67-94)113-92)91(90(88)117-93-87(106)83(102)81(100)75(114-93)70-110-77(96)64-56-48-42-40-46-54-62-72(6)60-52-44-22-18-14-10-4)118-119(107,108)111-69-73(112-78(97)65-57-49-37-35-33-31-28-26-24-20-16-12-8-2)68-109-76(95)63-55-47-41-39-45-53-61-71(5)59-51-43-21-17-13-9-3/h71-75,80-94,99-106H,7-70H2,1-6H3,(H,107,108). The van der Waals surface area contributed by atoms with Gasteiger partial charge in [0.1, 0.15) is 92.6 Å². The number of phosphoric acid groups is 1. The van der Waals surface area contributed by atoms with E-state index in [1.807, 2.05) is 0 Å². The van der Waals surface area contributed by atoms with Crippen LogP contribution in [0.1, 0.15) is 427 Å². The van der Waals surface area contributed by atoms with E-state index in [0.717, 1.165) is 128 Å². The van der Waals surface area contributed by atoms with E-state index in [9.17, 15) is 74.6 Å². The van der Waals surface area contributed by atoms with Crippen molar-refractivity contribution >= 4 is 31.7 Å². The van der Waals surface area contributed by atoms with E-state index >= 15 is 0 Å². The SMILES string of the molecule is CCCCCCCCCCCCCCCCCC(=O)OC1C(O)C(O)C(OC2OC(CO)C(O)C(O)C2O)C(OP(=O)(O)OCC(COC(=O)CCCCCCCCC(C)CCCCCCCC)OC(=O)CCCCCCCCCCCCCCC)C1OC1OC(COC(=O)CCCCCCCCC(C)CCCCCCCC)C(O)C(O)C1O. The molecule has 3 fully saturated rings. The monoisotopic (exact) mass is 1720 g/mol. The highest BCUT2D eigenvalue weighted by molar-refractivity contribution is 7.47. The van der Waals surface area contributed by atoms with Crippen molar-refractivity contribution in [3.63, 3.8) is 0 Å².